The van der Waals surface area contributed by atoms with E-state index >= 15 is 0 Å². The number of carbonyl (C=O) groups excluding carboxylic acids is 2. The third-order valence-corrected chi connectivity index (χ3v) is 3.10. The highest BCUT2D eigenvalue weighted by atomic mass is 16.2. The quantitative estimate of drug-likeness (QED) is 0.451. The molecule has 1 atom stereocenters. The fourth-order valence-electron chi connectivity index (χ4n) is 1.92. The van der Waals surface area contributed by atoms with Gasteiger partial charge in [-0.3, -0.25) is 9.59 Å². The van der Waals surface area contributed by atoms with E-state index in [1.165, 1.54) is 0 Å². The average molecular weight is 292 g/mol. The average Bonchev–Trinajstić information content (AvgIpc) is 2.50. The molecule has 6 heteroatoms. The van der Waals surface area contributed by atoms with Crippen LogP contribution >= 0.6 is 0 Å². The number of hydrogen-bond donors (Lipinski definition) is 4. The molecule has 0 heterocycles. The number of carbonyl (C=O) groups is 2. The highest BCUT2D eigenvalue weighted by Gasteiger charge is 2.13. The van der Waals surface area contributed by atoms with Crippen LogP contribution in [0.1, 0.15) is 23.2 Å². The molecule has 116 valence electrons. The molecule has 0 spiro atoms. The molecular weight excluding hydrogens is 268 g/mol. The Morgan fingerprint density at radius 1 is 1.14 bits per heavy atom. The van der Waals surface area contributed by atoms with Crippen molar-refractivity contribution in [3.8, 4) is 0 Å². The third-order valence-electron chi connectivity index (χ3n) is 3.10. The van der Waals surface area contributed by atoms with E-state index < -0.39 is 0 Å². The Morgan fingerprint density at radius 2 is 1.86 bits per heavy atom. The summed E-state index contributed by atoms with van der Waals surface area (Å²) in [6.07, 6.45) is 1.30. The van der Waals surface area contributed by atoms with Gasteiger partial charge in [0, 0.05) is 25.2 Å². The first-order valence-electron chi connectivity index (χ1n) is 7.15. The Kier molecular flexibility index (Phi) is 8.08. The zero-order chi connectivity index (χ0) is 15.5. The maximum absolute atomic E-state index is 11.8. The highest BCUT2D eigenvalue weighted by molar-refractivity contribution is 5.94. The van der Waals surface area contributed by atoms with Crippen LogP contribution in [0.2, 0.25) is 0 Å². The SMILES string of the molecule is CNCCNC(CCCNC(=O)c1ccccc1)C(N)=O. The maximum Gasteiger partial charge on any atom is 0.251 e. The molecule has 0 fully saturated rings. The number of nitrogens with one attached hydrogen (secondary N) is 3. The lowest BCUT2D eigenvalue weighted by atomic mass is 10.1. The predicted molar refractivity (Wildman–Crippen MR) is 82.9 cm³/mol. The van der Waals surface area contributed by atoms with Crippen LogP contribution in [0.4, 0.5) is 0 Å². The van der Waals surface area contributed by atoms with Crippen molar-refractivity contribution in [2.75, 3.05) is 26.7 Å². The molecule has 0 saturated heterocycles. The van der Waals surface area contributed by atoms with Gasteiger partial charge in [-0.15, -0.1) is 0 Å². The molecule has 0 saturated carbocycles. The van der Waals surface area contributed by atoms with Gasteiger partial charge < -0.3 is 21.7 Å². The zero-order valence-corrected chi connectivity index (χ0v) is 12.4. The van der Waals surface area contributed by atoms with E-state index in [1.807, 2.05) is 25.2 Å². The van der Waals surface area contributed by atoms with Gasteiger partial charge in [-0.25, -0.2) is 0 Å². The summed E-state index contributed by atoms with van der Waals surface area (Å²) in [6, 6.07) is 8.69. The number of benzene rings is 1. The molecule has 1 aromatic rings. The van der Waals surface area contributed by atoms with Gasteiger partial charge >= 0.3 is 0 Å². The fourth-order valence-corrected chi connectivity index (χ4v) is 1.92. The van der Waals surface area contributed by atoms with E-state index in [-0.39, 0.29) is 17.9 Å². The summed E-state index contributed by atoms with van der Waals surface area (Å²) in [4.78, 5) is 23.1. The first-order valence-corrected chi connectivity index (χ1v) is 7.15. The van der Waals surface area contributed by atoms with Crippen molar-refractivity contribution in [3.63, 3.8) is 0 Å². The molecule has 0 bridgehead atoms. The Hall–Kier alpha value is -1.92. The lowest BCUT2D eigenvalue weighted by Gasteiger charge is -2.15. The van der Waals surface area contributed by atoms with Crippen LogP contribution in [-0.2, 0) is 4.79 Å². The zero-order valence-electron chi connectivity index (χ0n) is 12.4. The number of primary amides is 1. The summed E-state index contributed by atoms with van der Waals surface area (Å²) in [5, 5.41) is 8.91. The summed E-state index contributed by atoms with van der Waals surface area (Å²) in [6.45, 7) is 1.97. The smallest absolute Gasteiger partial charge is 0.251 e. The summed E-state index contributed by atoms with van der Waals surface area (Å²) >= 11 is 0. The molecule has 1 unspecified atom stereocenters. The van der Waals surface area contributed by atoms with Gasteiger partial charge in [0.15, 0.2) is 0 Å². The molecule has 6 nitrogen and oxygen atoms in total. The minimum Gasteiger partial charge on any atom is -0.368 e. The van der Waals surface area contributed by atoms with E-state index in [0.717, 1.165) is 6.54 Å². The fraction of sp³-hybridized carbons (Fsp3) is 0.467. The van der Waals surface area contributed by atoms with E-state index in [1.54, 1.807) is 12.1 Å². The Bertz CT molecular complexity index is 437. The molecule has 0 radical (unpaired) electrons. The summed E-state index contributed by atoms with van der Waals surface area (Å²) < 4.78 is 0. The van der Waals surface area contributed by atoms with Crippen molar-refractivity contribution in [2.45, 2.75) is 18.9 Å². The van der Waals surface area contributed by atoms with Crippen molar-refractivity contribution < 1.29 is 9.59 Å². The second-order valence-electron chi connectivity index (χ2n) is 4.78. The van der Waals surface area contributed by atoms with Crippen molar-refractivity contribution in [1.29, 1.82) is 0 Å². The highest BCUT2D eigenvalue weighted by Crippen LogP contribution is 1.99. The Balaban J connectivity index is 2.24. The molecule has 0 aliphatic carbocycles. The predicted octanol–water partition coefficient (Wildman–Crippen LogP) is -0.140. The maximum atomic E-state index is 11.8. The largest absolute Gasteiger partial charge is 0.368 e. The normalized spacial score (nSPS) is 11.9. The third kappa shape index (κ3) is 6.87. The monoisotopic (exact) mass is 292 g/mol. The molecule has 2 amide bonds. The first kappa shape index (κ1) is 17.1. The minimum atomic E-state index is -0.361. The summed E-state index contributed by atoms with van der Waals surface area (Å²) in [5.41, 5.74) is 5.98. The molecule has 0 aliphatic rings. The van der Waals surface area contributed by atoms with Gasteiger partial charge in [-0.2, -0.15) is 0 Å². The summed E-state index contributed by atoms with van der Waals surface area (Å²) in [7, 11) is 1.85. The van der Waals surface area contributed by atoms with Gasteiger partial charge in [0.05, 0.1) is 6.04 Å². The number of likely N-dealkylation sites (N-methyl/N-ethyl adjacent to an activating group) is 1. The van der Waals surface area contributed by atoms with Crippen LogP contribution in [0.15, 0.2) is 30.3 Å². The molecule has 1 rings (SSSR count). The number of amides is 2. The van der Waals surface area contributed by atoms with Crippen LogP contribution in [0.25, 0.3) is 0 Å². The minimum absolute atomic E-state index is 0.102. The van der Waals surface area contributed by atoms with Crippen molar-refractivity contribution >= 4 is 11.8 Å². The van der Waals surface area contributed by atoms with Gasteiger partial charge in [0.25, 0.3) is 5.91 Å². The first-order chi connectivity index (χ1) is 10.1. The van der Waals surface area contributed by atoms with E-state index in [0.29, 0.717) is 31.5 Å². The van der Waals surface area contributed by atoms with Crippen LogP contribution in [0.5, 0.6) is 0 Å². The van der Waals surface area contributed by atoms with Crippen LogP contribution in [0, 0.1) is 0 Å². The van der Waals surface area contributed by atoms with Gasteiger partial charge in [0.1, 0.15) is 0 Å². The molecule has 0 aliphatic heterocycles. The van der Waals surface area contributed by atoms with E-state index in [2.05, 4.69) is 16.0 Å². The molecule has 0 aromatic heterocycles. The van der Waals surface area contributed by atoms with Gasteiger partial charge in [0.2, 0.25) is 5.91 Å². The molecular formula is C15H24N4O2. The van der Waals surface area contributed by atoms with Crippen molar-refractivity contribution in [2.24, 2.45) is 5.73 Å². The van der Waals surface area contributed by atoms with Crippen molar-refractivity contribution in [3.05, 3.63) is 35.9 Å². The Morgan fingerprint density at radius 3 is 2.48 bits per heavy atom. The number of hydrogen-bond acceptors (Lipinski definition) is 4. The number of rotatable bonds is 10. The lowest BCUT2D eigenvalue weighted by Crippen LogP contribution is -2.44. The molecule has 21 heavy (non-hydrogen) atoms. The second kappa shape index (κ2) is 9.90. The second-order valence-corrected chi connectivity index (χ2v) is 4.78. The van der Waals surface area contributed by atoms with Crippen molar-refractivity contribution in [1.82, 2.24) is 16.0 Å². The van der Waals surface area contributed by atoms with E-state index in [4.69, 9.17) is 5.73 Å². The van der Waals surface area contributed by atoms with Crippen LogP contribution in [0.3, 0.4) is 0 Å². The van der Waals surface area contributed by atoms with Crippen LogP contribution < -0.4 is 21.7 Å². The van der Waals surface area contributed by atoms with Gasteiger partial charge in [-0.1, -0.05) is 18.2 Å². The van der Waals surface area contributed by atoms with Gasteiger partial charge in [-0.05, 0) is 32.0 Å². The number of nitrogens with two attached hydrogens (primary N) is 1. The van der Waals surface area contributed by atoms with Crippen LogP contribution in [-0.4, -0.2) is 44.5 Å². The lowest BCUT2D eigenvalue weighted by molar-refractivity contribution is -0.120. The molecule has 5 N–H and O–H groups in total. The topological polar surface area (TPSA) is 96.2 Å². The summed E-state index contributed by atoms with van der Waals surface area (Å²) in [5.74, 6) is -0.463. The standard InChI is InChI=1S/C15H24N4O2/c1-17-10-11-18-13(14(16)20)8-5-9-19-15(21)12-6-3-2-4-7-12/h2-4,6-7,13,17-18H,5,8-11H2,1H3,(H2,16,20)(H,19,21). The molecule has 1 aromatic carbocycles. The Labute approximate surface area is 125 Å². The van der Waals surface area contributed by atoms with E-state index in [9.17, 15) is 9.59 Å².